The van der Waals surface area contributed by atoms with Gasteiger partial charge in [0.25, 0.3) is 17.7 Å². The Morgan fingerprint density at radius 3 is 1.73 bits per heavy atom. The summed E-state index contributed by atoms with van der Waals surface area (Å²) in [6, 6.07) is 26.4. The zero-order chi connectivity index (χ0) is 33.4. The number of benzene rings is 7. The first-order valence-electron chi connectivity index (χ1n) is 15.2. The number of carboxylic acid groups (broad SMARTS) is 1. The first kappa shape index (κ1) is 28.8. The van der Waals surface area contributed by atoms with Crippen LogP contribution < -0.4 is 16.0 Å². The van der Waals surface area contributed by atoms with Crippen LogP contribution in [0.3, 0.4) is 0 Å². The van der Waals surface area contributed by atoms with E-state index in [1.165, 1.54) is 6.07 Å². The van der Waals surface area contributed by atoms with Crippen LogP contribution in [0.15, 0.2) is 91.0 Å². The molecule has 7 aromatic rings. The Balaban J connectivity index is 1.49. The molecule has 0 fully saturated rings. The topological polar surface area (TPSA) is 148 Å². The van der Waals surface area contributed by atoms with Crippen molar-refractivity contribution in [3.8, 4) is 0 Å². The largest absolute Gasteiger partial charge is 0.478 e. The summed E-state index contributed by atoms with van der Waals surface area (Å²) in [6.45, 7) is 3.90. The van der Waals surface area contributed by atoms with Crippen LogP contribution in [0.1, 0.15) is 58.1 Å². The van der Waals surface area contributed by atoms with E-state index in [4.69, 9.17) is 0 Å². The van der Waals surface area contributed by atoms with Gasteiger partial charge in [-0.3, -0.25) is 25.1 Å². The molecule has 1 heterocycles. The molecule has 0 atom stereocenters. The summed E-state index contributed by atoms with van der Waals surface area (Å²) in [6.07, 6.45) is 0. The molecule has 232 valence electrons. The van der Waals surface area contributed by atoms with E-state index in [1.807, 2.05) is 50.2 Å². The van der Waals surface area contributed by atoms with Crippen LogP contribution in [0.2, 0.25) is 0 Å². The zero-order valence-corrected chi connectivity index (χ0v) is 25.7. The van der Waals surface area contributed by atoms with E-state index in [9.17, 15) is 29.7 Å². The van der Waals surface area contributed by atoms with E-state index < -0.39 is 23.7 Å². The van der Waals surface area contributed by atoms with Gasteiger partial charge in [-0.1, -0.05) is 53.6 Å². The first-order valence-corrected chi connectivity index (χ1v) is 15.2. The number of carbonyl (C=O) groups excluding carboxylic acids is 3. The molecule has 0 radical (unpaired) electrons. The molecule has 3 amide bonds. The highest BCUT2D eigenvalue weighted by atomic mass is 16.4. The Kier molecular flexibility index (Phi) is 6.29. The van der Waals surface area contributed by atoms with Crippen LogP contribution >= 0.6 is 0 Å². The van der Waals surface area contributed by atoms with Gasteiger partial charge in [0.05, 0.1) is 5.56 Å². The van der Waals surface area contributed by atoms with E-state index in [0.29, 0.717) is 65.6 Å². The van der Waals surface area contributed by atoms with Gasteiger partial charge < -0.3 is 15.7 Å². The maximum Gasteiger partial charge on any atom is 0.336 e. The Bertz CT molecular complexity index is 2570. The molecule has 5 N–H and O–H groups in total. The molecule has 9 nitrogen and oxygen atoms in total. The van der Waals surface area contributed by atoms with Crippen molar-refractivity contribution in [3.63, 3.8) is 0 Å². The van der Waals surface area contributed by atoms with Gasteiger partial charge in [-0.15, -0.1) is 0 Å². The van der Waals surface area contributed by atoms with E-state index in [-0.39, 0.29) is 22.5 Å². The third-order valence-corrected chi connectivity index (χ3v) is 9.09. The number of amidine groups is 1. The normalized spacial score (nSPS) is 12.5. The lowest BCUT2D eigenvalue weighted by Gasteiger charge is -2.23. The van der Waals surface area contributed by atoms with Crippen LogP contribution in [-0.4, -0.2) is 34.6 Å². The summed E-state index contributed by atoms with van der Waals surface area (Å²) in [4.78, 5) is 52.9. The summed E-state index contributed by atoms with van der Waals surface area (Å²) >= 11 is 0. The number of fused-ring (bicyclic) bond motifs is 2. The van der Waals surface area contributed by atoms with Gasteiger partial charge in [0.2, 0.25) is 0 Å². The van der Waals surface area contributed by atoms with Crippen molar-refractivity contribution < 1.29 is 24.3 Å². The van der Waals surface area contributed by atoms with Crippen molar-refractivity contribution in [1.29, 1.82) is 5.41 Å². The minimum atomic E-state index is -1.23. The van der Waals surface area contributed by atoms with Gasteiger partial charge in [0, 0.05) is 49.8 Å². The van der Waals surface area contributed by atoms with E-state index in [1.54, 1.807) is 48.5 Å². The molecule has 1 aliphatic rings. The standard InChI is InChI=1S/C39H26N4O5/c1-18-3-7-20(8-4-18)41-35(40)28-17-29(39(47)48)31-24-13-16-26-32-25(37(45)43-38(26)46)14-11-22(30(24)32)23-12-15-27(33(28)34(23)31)36(44)42-21-9-5-19(2)6-10-21/h3-17H,1-2H3,(H2,40,41)(H,42,44)(H,47,48)(H,43,45,46). The predicted octanol–water partition coefficient (Wildman–Crippen LogP) is 7.63. The Morgan fingerprint density at radius 1 is 0.583 bits per heavy atom. The maximum absolute atomic E-state index is 14.1. The number of aromatic carboxylic acids is 1. The highest BCUT2D eigenvalue weighted by molar-refractivity contribution is 6.42. The molecule has 48 heavy (non-hydrogen) atoms. The number of nitrogens with one attached hydrogen (secondary N) is 4. The first-order chi connectivity index (χ1) is 23.1. The number of rotatable bonds is 5. The van der Waals surface area contributed by atoms with Gasteiger partial charge in [-0.2, -0.15) is 0 Å². The molecule has 0 spiro atoms. The van der Waals surface area contributed by atoms with Gasteiger partial charge in [-0.25, -0.2) is 4.79 Å². The molecule has 0 aliphatic carbocycles. The van der Waals surface area contributed by atoms with E-state index >= 15 is 0 Å². The Morgan fingerprint density at radius 2 is 1.12 bits per heavy atom. The smallest absolute Gasteiger partial charge is 0.336 e. The number of carboxylic acids is 1. The van der Waals surface area contributed by atoms with Crippen molar-refractivity contribution in [1.82, 2.24) is 5.32 Å². The molecule has 8 rings (SSSR count). The Labute approximate surface area is 273 Å². The van der Waals surface area contributed by atoms with Gasteiger partial charge in [0.15, 0.2) is 0 Å². The summed E-state index contributed by atoms with van der Waals surface area (Å²) < 4.78 is 0. The van der Waals surface area contributed by atoms with Crippen LogP contribution in [0, 0.1) is 19.3 Å². The third-order valence-electron chi connectivity index (χ3n) is 9.09. The molecule has 0 bridgehead atoms. The highest BCUT2D eigenvalue weighted by Gasteiger charge is 2.30. The lowest BCUT2D eigenvalue weighted by Crippen LogP contribution is -2.34. The van der Waals surface area contributed by atoms with Crippen molar-refractivity contribution >= 4 is 84.0 Å². The summed E-state index contributed by atoms with van der Waals surface area (Å²) in [5, 5.41) is 32.4. The number of carbonyl (C=O) groups is 4. The SMILES string of the molecule is Cc1ccc(NC(=N)c2cc(C(=O)O)c3c4ccc5c6c(ccc(c7ccc(C(=O)Nc8ccc(C)cc8)c2c73)c64)C(=O)NC5=O)cc1. The molecular formula is C39H26N4O5. The van der Waals surface area contributed by atoms with Gasteiger partial charge >= 0.3 is 5.97 Å². The van der Waals surface area contributed by atoms with Crippen molar-refractivity contribution in [2.24, 2.45) is 0 Å². The molecule has 7 aromatic carbocycles. The third kappa shape index (κ3) is 4.29. The zero-order valence-electron chi connectivity index (χ0n) is 25.7. The molecule has 0 saturated heterocycles. The number of hydrogen-bond acceptors (Lipinski definition) is 5. The molecule has 1 aliphatic heterocycles. The fourth-order valence-electron chi connectivity index (χ4n) is 6.85. The second-order valence-corrected chi connectivity index (χ2v) is 12.1. The van der Waals surface area contributed by atoms with Crippen LogP contribution in [0.25, 0.3) is 43.1 Å². The average Bonchev–Trinajstić information content (AvgIpc) is 3.07. The number of anilines is 2. The maximum atomic E-state index is 14.1. The number of amides is 3. The fourth-order valence-corrected chi connectivity index (χ4v) is 6.85. The van der Waals surface area contributed by atoms with Crippen molar-refractivity contribution in [3.05, 3.63) is 130 Å². The van der Waals surface area contributed by atoms with E-state index in [2.05, 4.69) is 16.0 Å². The summed E-state index contributed by atoms with van der Waals surface area (Å²) in [5.41, 5.74) is 4.31. The quantitative estimate of drug-likeness (QED) is 0.0434. The second-order valence-electron chi connectivity index (χ2n) is 12.1. The van der Waals surface area contributed by atoms with Crippen LogP contribution in [0.4, 0.5) is 11.4 Å². The highest BCUT2D eigenvalue weighted by Crippen LogP contribution is 2.46. The lowest BCUT2D eigenvalue weighted by molar-refractivity contribution is 0.0697. The number of aryl methyl sites for hydroxylation is 2. The van der Waals surface area contributed by atoms with Crippen molar-refractivity contribution in [2.45, 2.75) is 13.8 Å². The number of hydrogen-bond donors (Lipinski definition) is 5. The van der Waals surface area contributed by atoms with E-state index in [0.717, 1.165) is 11.1 Å². The predicted molar refractivity (Wildman–Crippen MR) is 187 cm³/mol. The molecule has 9 heteroatoms. The minimum Gasteiger partial charge on any atom is -0.478 e. The second kappa shape index (κ2) is 10.5. The molecular weight excluding hydrogens is 604 g/mol. The molecule has 0 aromatic heterocycles. The van der Waals surface area contributed by atoms with Crippen LogP contribution in [-0.2, 0) is 0 Å². The summed E-state index contributed by atoms with van der Waals surface area (Å²) in [7, 11) is 0. The fraction of sp³-hybridized carbons (Fsp3) is 0.0513. The number of imide groups is 1. The van der Waals surface area contributed by atoms with Gasteiger partial charge in [0.1, 0.15) is 5.84 Å². The van der Waals surface area contributed by atoms with Crippen molar-refractivity contribution in [2.75, 3.05) is 10.6 Å². The molecule has 0 unspecified atom stereocenters. The van der Waals surface area contributed by atoms with Crippen LogP contribution in [0.5, 0.6) is 0 Å². The average molecular weight is 631 g/mol. The Hall–Kier alpha value is -6.61. The van der Waals surface area contributed by atoms with Gasteiger partial charge in [-0.05, 0) is 89.3 Å². The molecule has 0 saturated carbocycles. The monoisotopic (exact) mass is 630 g/mol. The summed E-state index contributed by atoms with van der Waals surface area (Å²) in [5.74, 6) is -2.80. The minimum absolute atomic E-state index is 0.0803. The lowest BCUT2D eigenvalue weighted by atomic mass is 9.81.